The summed E-state index contributed by atoms with van der Waals surface area (Å²) < 4.78 is 11.9. The zero-order valence-electron chi connectivity index (χ0n) is 16.0. The average Bonchev–Trinajstić information content (AvgIpc) is 2.73. The molecule has 0 spiro atoms. The molecule has 2 aromatic carbocycles. The lowest BCUT2D eigenvalue weighted by Gasteiger charge is -2.19. The highest BCUT2D eigenvalue weighted by atomic mass is 16.5. The molecule has 3 rings (SSSR count). The molecule has 0 unspecified atom stereocenters. The van der Waals surface area contributed by atoms with E-state index in [-0.39, 0.29) is 5.56 Å². The van der Waals surface area contributed by atoms with E-state index in [0.29, 0.717) is 23.6 Å². The van der Waals surface area contributed by atoms with Gasteiger partial charge in [-0.15, -0.1) is 0 Å². The maximum absolute atomic E-state index is 13.0. The van der Waals surface area contributed by atoms with E-state index in [4.69, 9.17) is 9.47 Å². The quantitative estimate of drug-likeness (QED) is 0.670. The molecule has 1 heterocycles. The third-order valence-electron chi connectivity index (χ3n) is 4.46. The van der Waals surface area contributed by atoms with Crippen molar-refractivity contribution in [1.29, 1.82) is 0 Å². The molecule has 0 radical (unpaired) electrons. The molecule has 140 valence electrons. The first kappa shape index (κ1) is 18.5. The van der Waals surface area contributed by atoms with E-state index < -0.39 is 0 Å². The number of methoxy groups -OCH3 is 2. The van der Waals surface area contributed by atoms with Crippen LogP contribution in [0.4, 0.5) is 5.69 Å². The Morgan fingerprint density at radius 2 is 1.70 bits per heavy atom. The van der Waals surface area contributed by atoms with Gasteiger partial charge in [-0.3, -0.25) is 4.79 Å². The van der Waals surface area contributed by atoms with Crippen molar-refractivity contribution >= 4 is 5.69 Å². The summed E-state index contributed by atoms with van der Waals surface area (Å²) in [7, 11) is 5.13. The summed E-state index contributed by atoms with van der Waals surface area (Å²) >= 11 is 0. The minimum absolute atomic E-state index is 0.170. The highest BCUT2D eigenvalue weighted by Gasteiger charge is 2.14. The number of aromatic nitrogens is 2. The van der Waals surface area contributed by atoms with Gasteiger partial charge in [-0.25, -0.2) is 0 Å². The van der Waals surface area contributed by atoms with Gasteiger partial charge in [0.1, 0.15) is 17.2 Å². The molecular weight excluding hydrogens is 342 g/mol. The van der Waals surface area contributed by atoms with Crippen molar-refractivity contribution in [3.8, 4) is 28.4 Å². The van der Waals surface area contributed by atoms with Gasteiger partial charge < -0.3 is 14.4 Å². The van der Waals surface area contributed by atoms with Crippen LogP contribution in [-0.2, 0) is 0 Å². The number of nitrogens with zero attached hydrogens (tertiary/aromatic N) is 3. The number of hydrogen-bond acceptors (Lipinski definition) is 5. The Balaban J connectivity index is 2.20. The van der Waals surface area contributed by atoms with E-state index in [1.54, 1.807) is 14.2 Å². The standard InChI is InChI=1S/C21H23N3O3/c1-5-23(2)20-14-19(15-7-6-8-18(13-15)27-4)22-24(21(20)25)16-9-11-17(26-3)12-10-16/h6-14H,5H2,1-4H3. The summed E-state index contributed by atoms with van der Waals surface area (Å²) in [5.74, 6) is 1.46. The monoisotopic (exact) mass is 365 g/mol. The molecule has 3 aromatic rings. The van der Waals surface area contributed by atoms with Crippen molar-refractivity contribution in [3.63, 3.8) is 0 Å². The van der Waals surface area contributed by atoms with Gasteiger partial charge >= 0.3 is 0 Å². The molecule has 27 heavy (non-hydrogen) atoms. The fourth-order valence-electron chi connectivity index (χ4n) is 2.75. The Labute approximate surface area is 158 Å². The molecule has 6 heteroatoms. The fraction of sp³-hybridized carbons (Fsp3) is 0.238. The number of anilines is 1. The first-order chi connectivity index (χ1) is 13.1. The van der Waals surface area contributed by atoms with Crippen molar-refractivity contribution in [2.75, 3.05) is 32.7 Å². The van der Waals surface area contributed by atoms with Crippen LogP contribution in [0, 0.1) is 0 Å². The zero-order chi connectivity index (χ0) is 19.4. The number of ether oxygens (including phenoxy) is 2. The average molecular weight is 365 g/mol. The predicted molar refractivity (Wildman–Crippen MR) is 107 cm³/mol. The molecule has 0 aliphatic rings. The fourth-order valence-corrected chi connectivity index (χ4v) is 2.75. The van der Waals surface area contributed by atoms with Crippen LogP contribution in [0.2, 0.25) is 0 Å². The summed E-state index contributed by atoms with van der Waals surface area (Å²) in [6, 6.07) is 16.7. The SMILES string of the molecule is CCN(C)c1cc(-c2cccc(OC)c2)nn(-c2ccc(OC)cc2)c1=O. The summed E-state index contributed by atoms with van der Waals surface area (Å²) in [5.41, 5.74) is 2.66. The van der Waals surface area contributed by atoms with E-state index >= 15 is 0 Å². The molecule has 6 nitrogen and oxygen atoms in total. The Morgan fingerprint density at radius 1 is 1.00 bits per heavy atom. The van der Waals surface area contributed by atoms with Gasteiger partial charge in [-0.2, -0.15) is 9.78 Å². The molecule has 0 fully saturated rings. The summed E-state index contributed by atoms with van der Waals surface area (Å²) in [6.45, 7) is 2.71. The molecule has 0 saturated carbocycles. The molecule has 0 saturated heterocycles. The Morgan fingerprint density at radius 3 is 2.33 bits per heavy atom. The second kappa shape index (κ2) is 7.95. The van der Waals surface area contributed by atoms with Crippen molar-refractivity contribution in [1.82, 2.24) is 9.78 Å². The largest absolute Gasteiger partial charge is 0.497 e. The van der Waals surface area contributed by atoms with E-state index in [0.717, 1.165) is 17.1 Å². The second-order valence-corrected chi connectivity index (χ2v) is 6.08. The maximum atomic E-state index is 13.0. The van der Waals surface area contributed by atoms with Gasteiger partial charge in [-0.1, -0.05) is 12.1 Å². The lowest BCUT2D eigenvalue weighted by Crippen LogP contribution is -2.30. The van der Waals surface area contributed by atoms with Gasteiger partial charge in [0.05, 0.1) is 25.6 Å². The number of rotatable bonds is 6. The second-order valence-electron chi connectivity index (χ2n) is 6.08. The van der Waals surface area contributed by atoms with Crippen molar-refractivity contribution in [3.05, 3.63) is 65.0 Å². The van der Waals surface area contributed by atoms with E-state index in [2.05, 4.69) is 5.10 Å². The molecule has 0 amide bonds. The van der Waals surface area contributed by atoms with Crippen LogP contribution >= 0.6 is 0 Å². The van der Waals surface area contributed by atoms with Crippen molar-refractivity contribution < 1.29 is 9.47 Å². The minimum atomic E-state index is -0.170. The van der Waals surface area contributed by atoms with Crippen LogP contribution in [0.25, 0.3) is 16.9 Å². The van der Waals surface area contributed by atoms with Gasteiger partial charge in [0.15, 0.2) is 0 Å². The van der Waals surface area contributed by atoms with E-state index in [1.807, 2.05) is 73.5 Å². The molecule has 0 atom stereocenters. The molecular formula is C21H23N3O3. The smallest absolute Gasteiger partial charge is 0.295 e. The number of benzene rings is 2. The molecule has 0 N–H and O–H groups in total. The molecule has 0 aliphatic heterocycles. The maximum Gasteiger partial charge on any atom is 0.295 e. The lowest BCUT2D eigenvalue weighted by molar-refractivity contribution is 0.414. The van der Waals surface area contributed by atoms with E-state index in [1.165, 1.54) is 4.68 Å². The molecule has 0 bridgehead atoms. The van der Waals surface area contributed by atoms with Gasteiger partial charge in [0.2, 0.25) is 0 Å². The third kappa shape index (κ3) is 3.79. The van der Waals surface area contributed by atoms with Crippen LogP contribution in [0.15, 0.2) is 59.4 Å². The first-order valence-corrected chi connectivity index (χ1v) is 8.71. The van der Waals surface area contributed by atoms with Crippen LogP contribution in [-0.4, -0.2) is 37.6 Å². The first-order valence-electron chi connectivity index (χ1n) is 8.71. The van der Waals surface area contributed by atoms with Gasteiger partial charge in [0.25, 0.3) is 5.56 Å². The van der Waals surface area contributed by atoms with Crippen molar-refractivity contribution in [2.45, 2.75) is 6.92 Å². The number of hydrogen-bond donors (Lipinski definition) is 0. The lowest BCUT2D eigenvalue weighted by atomic mass is 10.1. The topological polar surface area (TPSA) is 56.6 Å². The minimum Gasteiger partial charge on any atom is -0.497 e. The molecule has 0 aliphatic carbocycles. The van der Waals surface area contributed by atoms with Crippen LogP contribution in [0.1, 0.15) is 6.92 Å². The molecule has 1 aromatic heterocycles. The normalized spacial score (nSPS) is 10.5. The Hall–Kier alpha value is -3.28. The summed E-state index contributed by atoms with van der Waals surface area (Å²) in [5, 5.41) is 4.60. The highest BCUT2D eigenvalue weighted by Crippen LogP contribution is 2.24. The summed E-state index contributed by atoms with van der Waals surface area (Å²) in [6.07, 6.45) is 0. The zero-order valence-corrected chi connectivity index (χ0v) is 16.0. The van der Waals surface area contributed by atoms with Crippen LogP contribution in [0.5, 0.6) is 11.5 Å². The van der Waals surface area contributed by atoms with Gasteiger partial charge in [-0.05, 0) is 49.4 Å². The Kier molecular flexibility index (Phi) is 5.45. The van der Waals surface area contributed by atoms with Crippen LogP contribution in [0.3, 0.4) is 0 Å². The Bertz CT molecular complexity index is 981. The van der Waals surface area contributed by atoms with Crippen LogP contribution < -0.4 is 19.9 Å². The van der Waals surface area contributed by atoms with Crippen molar-refractivity contribution in [2.24, 2.45) is 0 Å². The van der Waals surface area contributed by atoms with E-state index in [9.17, 15) is 4.79 Å². The highest BCUT2D eigenvalue weighted by molar-refractivity contribution is 5.65. The third-order valence-corrected chi connectivity index (χ3v) is 4.46. The predicted octanol–water partition coefficient (Wildman–Crippen LogP) is 3.37. The van der Waals surface area contributed by atoms with Gasteiger partial charge in [0, 0.05) is 19.2 Å². The summed E-state index contributed by atoms with van der Waals surface area (Å²) in [4.78, 5) is 14.9.